The summed E-state index contributed by atoms with van der Waals surface area (Å²) in [5, 5.41) is 2.54. The lowest BCUT2D eigenvalue weighted by Gasteiger charge is -2.41. The highest BCUT2D eigenvalue weighted by atomic mass is 19.2. The Labute approximate surface area is 109 Å². The van der Waals surface area contributed by atoms with Crippen LogP contribution in [0.3, 0.4) is 0 Å². The molecule has 1 aliphatic rings. The summed E-state index contributed by atoms with van der Waals surface area (Å²) in [6.45, 7) is 4.50. The molecule has 0 saturated carbocycles. The van der Waals surface area contributed by atoms with Gasteiger partial charge in [0.15, 0.2) is 11.6 Å². The average Bonchev–Trinajstić information content (AvgIpc) is 2.32. The SMILES string of the molecule is CC1C(=O)NC(C)(C)C(=O)N1c1cccc(F)c1F. The van der Waals surface area contributed by atoms with Gasteiger partial charge in [0, 0.05) is 0 Å². The number of hydrogen-bond acceptors (Lipinski definition) is 2. The normalized spacial score (nSPS) is 22.4. The Morgan fingerprint density at radius 3 is 2.53 bits per heavy atom. The smallest absolute Gasteiger partial charge is 0.252 e. The van der Waals surface area contributed by atoms with Gasteiger partial charge in [0.2, 0.25) is 5.91 Å². The zero-order chi connectivity index (χ0) is 14.4. The lowest BCUT2D eigenvalue weighted by molar-refractivity contribution is -0.136. The van der Waals surface area contributed by atoms with E-state index in [1.807, 2.05) is 0 Å². The number of anilines is 1. The molecule has 0 radical (unpaired) electrons. The van der Waals surface area contributed by atoms with E-state index < -0.39 is 35.0 Å². The highest BCUT2D eigenvalue weighted by molar-refractivity contribution is 6.10. The van der Waals surface area contributed by atoms with E-state index in [-0.39, 0.29) is 5.69 Å². The number of carbonyl (C=O) groups excluding carboxylic acids is 2. The van der Waals surface area contributed by atoms with E-state index in [1.165, 1.54) is 32.9 Å². The van der Waals surface area contributed by atoms with E-state index in [9.17, 15) is 18.4 Å². The topological polar surface area (TPSA) is 49.4 Å². The number of carbonyl (C=O) groups is 2. The van der Waals surface area contributed by atoms with Crippen LogP contribution < -0.4 is 10.2 Å². The molecule has 1 aliphatic heterocycles. The second-order valence-electron chi connectivity index (χ2n) is 5.04. The number of amides is 2. The molecule has 4 nitrogen and oxygen atoms in total. The van der Waals surface area contributed by atoms with Crippen molar-refractivity contribution >= 4 is 17.5 Å². The van der Waals surface area contributed by atoms with Crippen LogP contribution in [0.5, 0.6) is 0 Å². The predicted octanol–water partition coefficient (Wildman–Crippen LogP) is 1.59. The molecular formula is C13H14F2N2O2. The maximum absolute atomic E-state index is 13.8. The van der Waals surface area contributed by atoms with E-state index in [0.29, 0.717) is 0 Å². The summed E-state index contributed by atoms with van der Waals surface area (Å²) in [6, 6.07) is 2.65. The summed E-state index contributed by atoms with van der Waals surface area (Å²) in [7, 11) is 0. The van der Waals surface area contributed by atoms with Crippen LogP contribution in [0.1, 0.15) is 20.8 Å². The summed E-state index contributed by atoms with van der Waals surface area (Å²) in [6.07, 6.45) is 0. The molecule has 1 unspecified atom stereocenters. The van der Waals surface area contributed by atoms with Crippen LogP contribution in [-0.4, -0.2) is 23.4 Å². The van der Waals surface area contributed by atoms with Crippen molar-refractivity contribution in [1.82, 2.24) is 5.32 Å². The van der Waals surface area contributed by atoms with Gasteiger partial charge in [0.05, 0.1) is 5.69 Å². The van der Waals surface area contributed by atoms with Crippen molar-refractivity contribution in [2.24, 2.45) is 0 Å². The highest BCUT2D eigenvalue weighted by Gasteiger charge is 2.45. The van der Waals surface area contributed by atoms with Gasteiger partial charge >= 0.3 is 0 Å². The Hall–Kier alpha value is -1.98. The Bertz CT molecular complexity index is 558. The fourth-order valence-electron chi connectivity index (χ4n) is 2.06. The third-order valence-electron chi connectivity index (χ3n) is 3.15. The third-order valence-corrected chi connectivity index (χ3v) is 3.15. The molecule has 0 bridgehead atoms. The average molecular weight is 268 g/mol. The molecule has 0 aliphatic carbocycles. The van der Waals surface area contributed by atoms with Crippen molar-refractivity contribution in [3.05, 3.63) is 29.8 Å². The van der Waals surface area contributed by atoms with Gasteiger partial charge in [-0.3, -0.25) is 14.5 Å². The molecule has 19 heavy (non-hydrogen) atoms. The minimum atomic E-state index is -1.15. The molecule has 0 spiro atoms. The first kappa shape index (κ1) is 13.5. The quantitative estimate of drug-likeness (QED) is 0.841. The van der Waals surface area contributed by atoms with E-state index in [4.69, 9.17) is 0 Å². The van der Waals surface area contributed by atoms with E-state index in [0.717, 1.165) is 11.0 Å². The lowest BCUT2D eigenvalue weighted by Crippen LogP contribution is -2.67. The second-order valence-corrected chi connectivity index (χ2v) is 5.04. The second kappa shape index (κ2) is 4.29. The third kappa shape index (κ3) is 2.07. The van der Waals surface area contributed by atoms with Gasteiger partial charge in [-0.25, -0.2) is 8.78 Å². The predicted molar refractivity (Wildman–Crippen MR) is 65.5 cm³/mol. The highest BCUT2D eigenvalue weighted by Crippen LogP contribution is 2.28. The number of hydrogen-bond donors (Lipinski definition) is 1. The van der Waals surface area contributed by atoms with E-state index >= 15 is 0 Å². The first-order valence-corrected chi connectivity index (χ1v) is 5.85. The van der Waals surface area contributed by atoms with Crippen molar-refractivity contribution in [3.63, 3.8) is 0 Å². The molecule has 1 heterocycles. The summed E-state index contributed by atoms with van der Waals surface area (Å²) in [5.74, 6) is -3.08. The van der Waals surface area contributed by atoms with Crippen LogP contribution in [0.2, 0.25) is 0 Å². The van der Waals surface area contributed by atoms with Crippen molar-refractivity contribution in [2.45, 2.75) is 32.4 Å². The number of benzene rings is 1. The van der Waals surface area contributed by atoms with Crippen LogP contribution in [0, 0.1) is 11.6 Å². The first-order valence-electron chi connectivity index (χ1n) is 5.85. The summed E-state index contributed by atoms with van der Waals surface area (Å²) >= 11 is 0. The van der Waals surface area contributed by atoms with Crippen LogP contribution in [-0.2, 0) is 9.59 Å². The van der Waals surface area contributed by atoms with Crippen LogP contribution in [0.25, 0.3) is 0 Å². The molecule has 2 rings (SSSR count). The minimum Gasteiger partial charge on any atom is -0.340 e. The molecule has 0 aromatic heterocycles. The molecule has 1 fully saturated rings. The van der Waals surface area contributed by atoms with Gasteiger partial charge in [-0.15, -0.1) is 0 Å². The number of nitrogens with one attached hydrogen (secondary N) is 1. The van der Waals surface area contributed by atoms with Gasteiger partial charge in [-0.05, 0) is 32.9 Å². The molecular weight excluding hydrogens is 254 g/mol. The Kier molecular flexibility index (Phi) is 3.04. The molecule has 1 aromatic carbocycles. The fourth-order valence-corrected chi connectivity index (χ4v) is 2.06. The fraction of sp³-hybridized carbons (Fsp3) is 0.385. The number of nitrogens with zero attached hydrogens (tertiary/aromatic N) is 1. The first-order chi connectivity index (χ1) is 8.75. The standard InChI is InChI=1S/C13H14F2N2O2/c1-7-11(18)16-13(2,3)12(19)17(7)9-6-4-5-8(14)10(9)15/h4-7H,1-3H3,(H,16,18). The summed E-state index contributed by atoms with van der Waals surface area (Å²) < 4.78 is 27.1. The molecule has 102 valence electrons. The van der Waals surface area contributed by atoms with E-state index in [2.05, 4.69) is 5.32 Å². The summed E-state index contributed by atoms with van der Waals surface area (Å²) in [5.41, 5.74) is -1.37. The number of halogens is 2. The number of piperazine rings is 1. The van der Waals surface area contributed by atoms with Crippen molar-refractivity contribution in [3.8, 4) is 0 Å². The maximum Gasteiger partial charge on any atom is 0.252 e. The zero-order valence-electron chi connectivity index (χ0n) is 10.8. The van der Waals surface area contributed by atoms with Gasteiger partial charge in [-0.2, -0.15) is 0 Å². The molecule has 1 saturated heterocycles. The lowest BCUT2D eigenvalue weighted by atomic mass is 9.96. The molecule has 6 heteroatoms. The Morgan fingerprint density at radius 2 is 1.89 bits per heavy atom. The molecule has 1 atom stereocenters. The van der Waals surface area contributed by atoms with Crippen LogP contribution in [0.4, 0.5) is 14.5 Å². The van der Waals surface area contributed by atoms with Gasteiger partial charge < -0.3 is 5.32 Å². The zero-order valence-corrected chi connectivity index (χ0v) is 10.8. The minimum absolute atomic E-state index is 0.222. The number of rotatable bonds is 1. The van der Waals surface area contributed by atoms with Crippen LogP contribution in [0.15, 0.2) is 18.2 Å². The monoisotopic (exact) mass is 268 g/mol. The van der Waals surface area contributed by atoms with Crippen LogP contribution >= 0.6 is 0 Å². The van der Waals surface area contributed by atoms with Crippen molar-refractivity contribution in [2.75, 3.05) is 4.90 Å². The van der Waals surface area contributed by atoms with Gasteiger partial charge in [0.1, 0.15) is 11.6 Å². The molecule has 1 aromatic rings. The molecule has 2 amide bonds. The van der Waals surface area contributed by atoms with Crippen molar-refractivity contribution < 1.29 is 18.4 Å². The largest absolute Gasteiger partial charge is 0.340 e. The molecule has 1 N–H and O–H groups in total. The van der Waals surface area contributed by atoms with Crippen molar-refractivity contribution in [1.29, 1.82) is 0 Å². The Morgan fingerprint density at radius 1 is 1.26 bits per heavy atom. The maximum atomic E-state index is 13.8. The summed E-state index contributed by atoms with van der Waals surface area (Å²) in [4.78, 5) is 25.1. The van der Waals surface area contributed by atoms with Gasteiger partial charge in [-0.1, -0.05) is 6.07 Å². The van der Waals surface area contributed by atoms with E-state index in [1.54, 1.807) is 0 Å². The Balaban J connectivity index is 2.55. The van der Waals surface area contributed by atoms with Gasteiger partial charge in [0.25, 0.3) is 5.91 Å².